The number of carbonyl (C=O) groups is 1. The Morgan fingerprint density at radius 2 is 2.00 bits per heavy atom. The molecule has 0 bridgehead atoms. The SMILES string of the molecule is COc1ccccc1CN(C(=O)c1occc1C)C(C)C. The number of para-hydroxylation sites is 1. The molecule has 0 radical (unpaired) electrons. The van der Waals surface area contributed by atoms with Gasteiger partial charge >= 0.3 is 0 Å². The fraction of sp³-hybridized carbons (Fsp3) is 0.353. The second kappa shape index (κ2) is 6.48. The Labute approximate surface area is 125 Å². The highest BCUT2D eigenvalue weighted by Crippen LogP contribution is 2.22. The van der Waals surface area contributed by atoms with Crippen LogP contribution in [-0.2, 0) is 6.54 Å². The van der Waals surface area contributed by atoms with Crippen molar-refractivity contribution >= 4 is 5.91 Å². The number of hydrogen-bond donors (Lipinski definition) is 0. The Kier molecular flexibility index (Phi) is 4.68. The van der Waals surface area contributed by atoms with E-state index in [1.165, 1.54) is 0 Å². The van der Waals surface area contributed by atoms with E-state index in [4.69, 9.17) is 9.15 Å². The average molecular weight is 287 g/mol. The van der Waals surface area contributed by atoms with Gasteiger partial charge in [0.2, 0.25) is 0 Å². The Balaban J connectivity index is 2.28. The van der Waals surface area contributed by atoms with Crippen molar-refractivity contribution in [3.05, 3.63) is 53.5 Å². The maximum Gasteiger partial charge on any atom is 0.290 e. The third-order valence-corrected chi connectivity index (χ3v) is 3.47. The Bertz CT molecular complexity index is 616. The van der Waals surface area contributed by atoms with E-state index in [-0.39, 0.29) is 11.9 Å². The lowest BCUT2D eigenvalue weighted by Gasteiger charge is -2.27. The summed E-state index contributed by atoms with van der Waals surface area (Å²) in [6.07, 6.45) is 1.55. The molecule has 1 heterocycles. The second-order valence-electron chi connectivity index (χ2n) is 5.27. The quantitative estimate of drug-likeness (QED) is 0.843. The van der Waals surface area contributed by atoms with Gasteiger partial charge in [0.25, 0.3) is 5.91 Å². The maximum atomic E-state index is 12.7. The summed E-state index contributed by atoms with van der Waals surface area (Å²) >= 11 is 0. The molecule has 0 saturated carbocycles. The molecule has 21 heavy (non-hydrogen) atoms. The number of aryl methyl sites for hydroxylation is 1. The minimum Gasteiger partial charge on any atom is -0.496 e. The lowest BCUT2D eigenvalue weighted by Crippen LogP contribution is -2.36. The fourth-order valence-corrected chi connectivity index (χ4v) is 2.23. The molecule has 0 N–H and O–H groups in total. The molecule has 4 nitrogen and oxygen atoms in total. The number of furan rings is 1. The van der Waals surface area contributed by atoms with Crippen molar-refractivity contribution in [2.75, 3.05) is 7.11 Å². The lowest BCUT2D eigenvalue weighted by atomic mass is 10.1. The van der Waals surface area contributed by atoms with Gasteiger partial charge in [-0.05, 0) is 32.9 Å². The van der Waals surface area contributed by atoms with Gasteiger partial charge in [-0.2, -0.15) is 0 Å². The van der Waals surface area contributed by atoms with E-state index in [1.807, 2.05) is 45.0 Å². The van der Waals surface area contributed by atoms with E-state index in [1.54, 1.807) is 24.3 Å². The predicted molar refractivity (Wildman–Crippen MR) is 81.4 cm³/mol. The molecule has 0 spiro atoms. The highest BCUT2D eigenvalue weighted by atomic mass is 16.5. The van der Waals surface area contributed by atoms with Gasteiger partial charge in [0.05, 0.1) is 19.9 Å². The Morgan fingerprint density at radius 1 is 1.29 bits per heavy atom. The van der Waals surface area contributed by atoms with Gasteiger partial charge in [0, 0.05) is 17.2 Å². The summed E-state index contributed by atoms with van der Waals surface area (Å²) in [6.45, 7) is 6.34. The van der Waals surface area contributed by atoms with E-state index in [2.05, 4.69) is 0 Å². The van der Waals surface area contributed by atoms with Crippen molar-refractivity contribution in [1.82, 2.24) is 4.90 Å². The summed E-state index contributed by atoms with van der Waals surface area (Å²) in [5, 5.41) is 0. The second-order valence-corrected chi connectivity index (χ2v) is 5.27. The summed E-state index contributed by atoms with van der Waals surface area (Å²) in [5.74, 6) is 1.09. The molecule has 1 aromatic heterocycles. The van der Waals surface area contributed by atoms with Crippen LogP contribution >= 0.6 is 0 Å². The van der Waals surface area contributed by atoms with Crippen LogP contribution in [0, 0.1) is 6.92 Å². The molecule has 4 heteroatoms. The number of ether oxygens (including phenoxy) is 1. The lowest BCUT2D eigenvalue weighted by molar-refractivity contribution is 0.0655. The first kappa shape index (κ1) is 15.2. The van der Waals surface area contributed by atoms with Gasteiger partial charge in [0.1, 0.15) is 5.75 Å². The first-order valence-electron chi connectivity index (χ1n) is 7.01. The van der Waals surface area contributed by atoms with Crippen LogP contribution in [0.5, 0.6) is 5.75 Å². The van der Waals surface area contributed by atoms with Gasteiger partial charge in [0.15, 0.2) is 5.76 Å². The molecule has 0 aliphatic heterocycles. The standard InChI is InChI=1S/C17H21NO3/c1-12(2)18(17(19)16-13(3)9-10-21-16)11-14-7-5-6-8-15(14)20-4/h5-10,12H,11H2,1-4H3. The van der Waals surface area contributed by atoms with Crippen molar-refractivity contribution in [2.24, 2.45) is 0 Å². The first-order chi connectivity index (χ1) is 10.0. The number of benzene rings is 1. The molecule has 0 saturated heterocycles. The van der Waals surface area contributed by atoms with Gasteiger partial charge in [-0.25, -0.2) is 0 Å². The van der Waals surface area contributed by atoms with Gasteiger partial charge < -0.3 is 14.1 Å². The van der Waals surface area contributed by atoms with Crippen LogP contribution in [0.2, 0.25) is 0 Å². The van der Waals surface area contributed by atoms with Crippen LogP contribution in [0.1, 0.15) is 35.5 Å². The van der Waals surface area contributed by atoms with Crippen LogP contribution in [0.15, 0.2) is 41.0 Å². The van der Waals surface area contributed by atoms with Gasteiger partial charge in [-0.1, -0.05) is 18.2 Å². The molecule has 0 atom stereocenters. The average Bonchev–Trinajstić information content (AvgIpc) is 2.90. The summed E-state index contributed by atoms with van der Waals surface area (Å²) in [4.78, 5) is 14.4. The summed E-state index contributed by atoms with van der Waals surface area (Å²) in [7, 11) is 1.64. The summed E-state index contributed by atoms with van der Waals surface area (Å²) < 4.78 is 10.7. The molecule has 112 valence electrons. The Morgan fingerprint density at radius 3 is 2.57 bits per heavy atom. The number of nitrogens with zero attached hydrogens (tertiary/aromatic N) is 1. The Hall–Kier alpha value is -2.23. The molecule has 0 aliphatic rings. The van der Waals surface area contributed by atoms with E-state index >= 15 is 0 Å². The predicted octanol–water partition coefficient (Wildman–Crippen LogP) is 3.65. The molecule has 0 fully saturated rings. The largest absolute Gasteiger partial charge is 0.496 e. The van der Waals surface area contributed by atoms with Crippen molar-refractivity contribution in [2.45, 2.75) is 33.4 Å². The van der Waals surface area contributed by atoms with E-state index in [0.29, 0.717) is 12.3 Å². The van der Waals surface area contributed by atoms with Gasteiger partial charge in [-0.15, -0.1) is 0 Å². The molecular formula is C17H21NO3. The monoisotopic (exact) mass is 287 g/mol. The molecule has 2 rings (SSSR count). The molecule has 1 aromatic carbocycles. The van der Waals surface area contributed by atoms with E-state index in [9.17, 15) is 4.79 Å². The fourth-order valence-electron chi connectivity index (χ4n) is 2.23. The highest BCUT2D eigenvalue weighted by Gasteiger charge is 2.24. The first-order valence-corrected chi connectivity index (χ1v) is 7.01. The molecule has 0 unspecified atom stereocenters. The van der Waals surface area contributed by atoms with Crippen molar-refractivity contribution in [3.8, 4) is 5.75 Å². The molecule has 1 amide bonds. The van der Waals surface area contributed by atoms with Gasteiger partial charge in [-0.3, -0.25) is 4.79 Å². The van der Waals surface area contributed by atoms with Crippen LogP contribution in [-0.4, -0.2) is 24.0 Å². The number of methoxy groups -OCH3 is 1. The third-order valence-electron chi connectivity index (χ3n) is 3.47. The van der Waals surface area contributed by atoms with E-state index < -0.39 is 0 Å². The number of hydrogen-bond acceptors (Lipinski definition) is 3. The maximum absolute atomic E-state index is 12.7. The number of rotatable bonds is 5. The normalized spacial score (nSPS) is 10.7. The number of amides is 1. The summed E-state index contributed by atoms with van der Waals surface area (Å²) in [5.41, 5.74) is 1.83. The zero-order valence-corrected chi connectivity index (χ0v) is 12.9. The zero-order valence-electron chi connectivity index (χ0n) is 12.9. The van der Waals surface area contributed by atoms with Crippen molar-refractivity contribution < 1.29 is 13.9 Å². The zero-order chi connectivity index (χ0) is 15.4. The van der Waals surface area contributed by atoms with Crippen molar-refractivity contribution in [1.29, 1.82) is 0 Å². The molecule has 2 aromatic rings. The van der Waals surface area contributed by atoms with Crippen molar-refractivity contribution in [3.63, 3.8) is 0 Å². The van der Waals surface area contributed by atoms with Crippen LogP contribution in [0.3, 0.4) is 0 Å². The molecule has 0 aliphatic carbocycles. The number of carbonyl (C=O) groups excluding carboxylic acids is 1. The van der Waals surface area contributed by atoms with Crippen LogP contribution < -0.4 is 4.74 Å². The molecular weight excluding hydrogens is 266 g/mol. The summed E-state index contributed by atoms with van der Waals surface area (Å²) in [6, 6.07) is 9.59. The minimum atomic E-state index is -0.0987. The highest BCUT2D eigenvalue weighted by molar-refractivity contribution is 5.93. The topological polar surface area (TPSA) is 42.7 Å². The third kappa shape index (κ3) is 3.27. The van der Waals surface area contributed by atoms with E-state index in [0.717, 1.165) is 16.9 Å². The minimum absolute atomic E-state index is 0.0620. The van der Waals surface area contributed by atoms with Crippen LogP contribution in [0.4, 0.5) is 0 Å². The van der Waals surface area contributed by atoms with Crippen LogP contribution in [0.25, 0.3) is 0 Å². The smallest absolute Gasteiger partial charge is 0.290 e.